The van der Waals surface area contributed by atoms with Crippen molar-refractivity contribution in [2.45, 2.75) is 4.90 Å². The predicted octanol–water partition coefficient (Wildman–Crippen LogP) is 1.49. The van der Waals surface area contributed by atoms with Crippen LogP contribution in [0.5, 0.6) is 5.75 Å². The lowest BCUT2D eigenvalue weighted by Gasteiger charge is -2.35. The van der Waals surface area contributed by atoms with Crippen molar-refractivity contribution in [3.63, 3.8) is 0 Å². The Morgan fingerprint density at radius 1 is 1.03 bits per heavy atom. The molecule has 1 aliphatic heterocycles. The smallest absolute Gasteiger partial charge is 0.270 e. The molecule has 0 radical (unpaired) electrons. The number of nitro groups is 1. The highest BCUT2D eigenvalue weighted by Gasteiger charge is 2.29. The first-order chi connectivity index (χ1) is 14.5. The van der Waals surface area contributed by atoms with Crippen molar-refractivity contribution in [2.75, 3.05) is 49.2 Å². The number of sulfonamides is 2. The Balaban J connectivity index is 2.00. The highest BCUT2D eigenvalue weighted by atomic mass is 32.2. The lowest BCUT2D eigenvalue weighted by atomic mass is 10.2. The van der Waals surface area contributed by atoms with Crippen LogP contribution in [0.3, 0.4) is 0 Å². The van der Waals surface area contributed by atoms with Gasteiger partial charge in [0.1, 0.15) is 10.6 Å². The van der Waals surface area contributed by atoms with Gasteiger partial charge in [0.2, 0.25) is 10.0 Å². The number of hydrogen-bond donors (Lipinski definition) is 1. The second-order valence-corrected chi connectivity index (χ2v) is 10.5. The van der Waals surface area contributed by atoms with E-state index in [1.807, 2.05) is 0 Å². The van der Waals surface area contributed by atoms with Crippen LogP contribution in [0.15, 0.2) is 47.4 Å². The SMILES string of the molecule is COc1ccccc1NS(=O)(=O)c1cc([N+](=O)[O-])ccc1N1CCN(S(C)(=O)=O)CC1. The number of methoxy groups -OCH3 is 1. The summed E-state index contributed by atoms with van der Waals surface area (Å²) >= 11 is 0. The molecular formula is C18H22N4O7S2. The van der Waals surface area contributed by atoms with Crippen LogP contribution in [0.1, 0.15) is 0 Å². The van der Waals surface area contributed by atoms with Gasteiger partial charge in [-0.1, -0.05) is 12.1 Å². The zero-order valence-electron chi connectivity index (χ0n) is 16.9. The van der Waals surface area contributed by atoms with E-state index in [-0.39, 0.29) is 48.1 Å². The summed E-state index contributed by atoms with van der Waals surface area (Å²) in [5, 5.41) is 11.3. The number of para-hydroxylation sites is 2. The van der Waals surface area contributed by atoms with E-state index in [0.29, 0.717) is 5.75 Å². The fraction of sp³-hybridized carbons (Fsp3) is 0.333. The summed E-state index contributed by atoms with van der Waals surface area (Å²) in [6.07, 6.45) is 1.11. The summed E-state index contributed by atoms with van der Waals surface area (Å²) in [7, 11) is -6.20. The van der Waals surface area contributed by atoms with Crippen LogP contribution in [0, 0.1) is 10.1 Å². The van der Waals surface area contributed by atoms with Crippen LogP contribution < -0.4 is 14.4 Å². The topological polar surface area (TPSA) is 139 Å². The van der Waals surface area contributed by atoms with Gasteiger partial charge in [-0.3, -0.25) is 14.8 Å². The monoisotopic (exact) mass is 470 g/mol. The Kier molecular flexibility index (Phi) is 6.38. The molecule has 3 rings (SSSR count). The zero-order chi connectivity index (χ0) is 22.8. The predicted molar refractivity (Wildman–Crippen MR) is 116 cm³/mol. The maximum absolute atomic E-state index is 13.2. The first-order valence-corrected chi connectivity index (χ1v) is 12.5. The standard InChI is InChI=1S/C18H22N4O7S2/c1-29-17-6-4-3-5-15(17)19-31(27,28)18-13-14(22(23)24)7-8-16(18)20-9-11-21(12-10-20)30(2,25)26/h3-8,13,19H,9-12H2,1-2H3. The van der Waals surface area contributed by atoms with Gasteiger partial charge in [0.05, 0.1) is 29.7 Å². The average Bonchev–Trinajstić information content (AvgIpc) is 2.73. The fourth-order valence-corrected chi connectivity index (χ4v) is 5.43. The summed E-state index contributed by atoms with van der Waals surface area (Å²) in [6, 6.07) is 9.98. The Hall–Kier alpha value is -2.90. The van der Waals surface area contributed by atoms with Crippen LogP contribution in [-0.2, 0) is 20.0 Å². The van der Waals surface area contributed by atoms with Gasteiger partial charge < -0.3 is 9.64 Å². The fourth-order valence-electron chi connectivity index (χ4n) is 3.28. The molecule has 0 unspecified atom stereocenters. The average molecular weight is 471 g/mol. The Labute approximate surface area is 180 Å². The summed E-state index contributed by atoms with van der Waals surface area (Å²) in [4.78, 5) is 12.0. The Morgan fingerprint density at radius 2 is 1.68 bits per heavy atom. The molecule has 1 heterocycles. The van der Waals surface area contributed by atoms with Gasteiger partial charge in [0, 0.05) is 38.3 Å². The number of piperazine rings is 1. The van der Waals surface area contributed by atoms with E-state index in [1.165, 1.54) is 29.6 Å². The van der Waals surface area contributed by atoms with Crippen molar-refractivity contribution in [3.8, 4) is 5.75 Å². The van der Waals surface area contributed by atoms with E-state index in [4.69, 9.17) is 4.74 Å². The second kappa shape index (κ2) is 8.69. The van der Waals surface area contributed by atoms with Crippen LogP contribution in [-0.4, -0.2) is 65.6 Å². The Bertz CT molecular complexity index is 1190. The van der Waals surface area contributed by atoms with Gasteiger partial charge in [0.25, 0.3) is 15.7 Å². The van der Waals surface area contributed by atoms with E-state index in [1.54, 1.807) is 23.1 Å². The molecule has 0 amide bonds. The van der Waals surface area contributed by atoms with Crippen molar-refractivity contribution in [3.05, 3.63) is 52.6 Å². The second-order valence-electron chi connectivity index (χ2n) is 6.86. The van der Waals surface area contributed by atoms with Crippen molar-refractivity contribution in [1.29, 1.82) is 0 Å². The third-order valence-corrected chi connectivity index (χ3v) is 7.54. The quantitative estimate of drug-likeness (QED) is 0.474. The van der Waals surface area contributed by atoms with Crippen molar-refractivity contribution < 1.29 is 26.5 Å². The molecule has 31 heavy (non-hydrogen) atoms. The summed E-state index contributed by atoms with van der Waals surface area (Å²) in [6.45, 7) is 0.828. The number of benzene rings is 2. The molecule has 2 aromatic carbocycles. The number of non-ortho nitro benzene ring substituents is 1. The largest absolute Gasteiger partial charge is 0.495 e. The van der Waals surface area contributed by atoms with E-state index >= 15 is 0 Å². The summed E-state index contributed by atoms with van der Waals surface area (Å²) in [5.74, 6) is 0.292. The van der Waals surface area contributed by atoms with Crippen molar-refractivity contribution in [2.24, 2.45) is 0 Å². The lowest BCUT2D eigenvalue weighted by Crippen LogP contribution is -2.48. The molecule has 11 nitrogen and oxygen atoms in total. The molecule has 2 aromatic rings. The zero-order valence-corrected chi connectivity index (χ0v) is 18.5. The Morgan fingerprint density at radius 3 is 2.26 bits per heavy atom. The molecule has 1 fully saturated rings. The molecule has 0 aliphatic carbocycles. The van der Waals surface area contributed by atoms with E-state index < -0.39 is 25.0 Å². The van der Waals surface area contributed by atoms with Gasteiger partial charge >= 0.3 is 0 Å². The summed E-state index contributed by atoms with van der Waals surface area (Å²) in [5.41, 5.74) is 0.0597. The van der Waals surface area contributed by atoms with Crippen molar-refractivity contribution >= 4 is 37.1 Å². The molecule has 1 saturated heterocycles. The van der Waals surface area contributed by atoms with Gasteiger partial charge in [-0.2, -0.15) is 4.31 Å². The number of anilines is 2. The molecular weight excluding hydrogens is 448 g/mol. The maximum atomic E-state index is 13.2. The van der Waals surface area contributed by atoms with Gasteiger partial charge in [-0.25, -0.2) is 16.8 Å². The third-order valence-electron chi connectivity index (χ3n) is 4.84. The molecule has 0 saturated carbocycles. The minimum Gasteiger partial charge on any atom is -0.495 e. The lowest BCUT2D eigenvalue weighted by molar-refractivity contribution is -0.385. The van der Waals surface area contributed by atoms with Crippen LogP contribution >= 0.6 is 0 Å². The highest BCUT2D eigenvalue weighted by molar-refractivity contribution is 7.93. The van der Waals surface area contributed by atoms with E-state index in [9.17, 15) is 26.9 Å². The molecule has 0 spiro atoms. The highest BCUT2D eigenvalue weighted by Crippen LogP contribution is 2.33. The maximum Gasteiger partial charge on any atom is 0.270 e. The number of hydrogen-bond acceptors (Lipinski definition) is 8. The van der Waals surface area contributed by atoms with Gasteiger partial charge in [-0.05, 0) is 18.2 Å². The first kappa shape index (κ1) is 22.8. The third kappa shape index (κ3) is 5.06. The number of rotatable bonds is 7. The minimum atomic E-state index is -4.23. The van der Waals surface area contributed by atoms with Crippen LogP contribution in [0.25, 0.3) is 0 Å². The number of nitrogens with one attached hydrogen (secondary N) is 1. The van der Waals surface area contributed by atoms with Crippen molar-refractivity contribution in [1.82, 2.24) is 4.31 Å². The van der Waals surface area contributed by atoms with E-state index in [0.717, 1.165) is 12.3 Å². The molecule has 13 heteroatoms. The van der Waals surface area contributed by atoms with E-state index in [2.05, 4.69) is 4.72 Å². The molecule has 0 aromatic heterocycles. The minimum absolute atomic E-state index is 0.176. The number of nitrogens with zero attached hydrogens (tertiary/aromatic N) is 3. The summed E-state index contributed by atoms with van der Waals surface area (Å²) < 4.78 is 58.8. The number of nitro benzene ring substituents is 1. The molecule has 1 aliphatic rings. The molecule has 0 atom stereocenters. The normalized spacial score (nSPS) is 15.5. The van der Waals surface area contributed by atoms with Crippen LogP contribution in [0.4, 0.5) is 17.1 Å². The van der Waals surface area contributed by atoms with Gasteiger partial charge in [-0.15, -0.1) is 0 Å². The van der Waals surface area contributed by atoms with Crippen LogP contribution in [0.2, 0.25) is 0 Å². The first-order valence-electron chi connectivity index (χ1n) is 9.17. The molecule has 1 N–H and O–H groups in total. The molecule has 168 valence electrons. The number of ether oxygens (including phenoxy) is 1. The molecule has 0 bridgehead atoms. The van der Waals surface area contributed by atoms with Gasteiger partial charge in [0.15, 0.2) is 0 Å².